The van der Waals surface area contributed by atoms with E-state index < -0.39 is 0 Å². The van der Waals surface area contributed by atoms with Crippen molar-refractivity contribution in [1.82, 2.24) is 15.2 Å². The highest BCUT2D eigenvalue weighted by Crippen LogP contribution is 2.28. The van der Waals surface area contributed by atoms with Gasteiger partial charge in [-0.05, 0) is 63.9 Å². The van der Waals surface area contributed by atoms with Crippen LogP contribution in [0.15, 0.2) is 24.4 Å². The van der Waals surface area contributed by atoms with Gasteiger partial charge in [-0.25, -0.2) is 0 Å². The number of likely N-dealkylation sites (N-methyl/N-ethyl adjacent to an activating group) is 1. The molecule has 0 radical (unpaired) electrons. The van der Waals surface area contributed by atoms with Crippen LogP contribution in [0.5, 0.6) is 0 Å². The summed E-state index contributed by atoms with van der Waals surface area (Å²) in [6.45, 7) is 5.75. The Labute approximate surface area is 130 Å². The third-order valence-electron chi connectivity index (χ3n) is 4.67. The number of nitrogens with one attached hydrogen (secondary N) is 1. The van der Waals surface area contributed by atoms with Crippen LogP contribution in [-0.4, -0.2) is 42.6 Å². The molecule has 0 aromatic carbocycles. The maximum Gasteiger partial charge on any atom is 0.0416 e. The summed E-state index contributed by atoms with van der Waals surface area (Å²) in [6, 6.07) is 6.95. The van der Waals surface area contributed by atoms with Crippen LogP contribution in [0.25, 0.3) is 0 Å². The van der Waals surface area contributed by atoms with Crippen LogP contribution in [0.3, 0.4) is 0 Å². The molecule has 3 heteroatoms. The molecule has 1 aliphatic rings. The number of nitrogens with zero attached hydrogens (tertiary/aromatic N) is 2. The van der Waals surface area contributed by atoms with Gasteiger partial charge in [-0.15, -0.1) is 0 Å². The number of hydrogen-bond acceptors (Lipinski definition) is 3. The normalized spacial score (nSPS) is 22.0. The highest BCUT2D eigenvalue weighted by molar-refractivity contribution is 5.03. The Balaban J connectivity index is 1.65. The molecule has 0 spiro atoms. The van der Waals surface area contributed by atoms with Crippen LogP contribution in [0.2, 0.25) is 0 Å². The molecule has 118 valence electrons. The molecule has 21 heavy (non-hydrogen) atoms. The van der Waals surface area contributed by atoms with Crippen LogP contribution >= 0.6 is 0 Å². The summed E-state index contributed by atoms with van der Waals surface area (Å²) in [6.07, 6.45) is 9.71. The molecule has 0 saturated heterocycles. The first kappa shape index (κ1) is 16.4. The Kier molecular flexibility index (Phi) is 7.17. The predicted molar refractivity (Wildman–Crippen MR) is 89.5 cm³/mol. The Morgan fingerprint density at radius 2 is 2.19 bits per heavy atom. The highest BCUT2D eigenvalue weighted by atomic mass is 15.1. The van der Waals surface area contributed by atoms with Gasteiger partial charge < -0.3 is 10.2 Å². The molecule has 1 heterocycles. The molecule has 2 atom stereocenters. The summed E-state index contributed by atoms with van der Waals surface area (Å²) < 4.78 is 0. The molecule has 0 amide bonds. The summed E-state index contributed by atoms with van der Waals surface area (Å²) in [7, 11) is 2.24. The molecule has 2 rings (SSSR count). The fraction of sp³-hybridized carbons (Fsp3) is 0.722. The zero-order valence-electron chi connectivity index (χ0n) is 13.7. The number of rotatable bonds is 9. The van der Waals surface area contributed by atoms with Crippen LogP contribution < -0.4 is 5.32 Å². The zero-order chi connectivity index (χ0) is 14.9. The van der Waals surface area contributed by atoms with E-state index in [0.29, 0.717) is 0 Å². The fourth-order valence-corrected chi connectivity index (χ4v) is 3.33. The zero-order valence-corrected chi connectivity index (χ0v) is 13.7. The van der Waals surface area contributed by atoms with Crippen LogP contribution in [0.4, 0.5) is 0 Å². The maximum absolute atomic E-state index is 4.40. The van der Waals surface area contributed by atoms with Gasteiger partial charge >= 0.3 is 0 Å². The van der Waals surface area contributed by atoms with Crippen molar-refractivity contribution in [2.75, 3.05) is 26.7 Å². The topological polar surface area (TPSA) is 28.2 Å². The van der Waals surface area contributed by atoms with Crippen molar-refractivity contribution < 1.29 is 0 Å². The predicted octanol–water partition coefficient (Wildman–Crippen LogP) is 3.11. The average molecular weight is 289 g/mol. The van der Waals surface area contributed by atoms with Crippen molar-refractivity contribution in [2.45, 2.75) is 51.5 Å². The minimum absolute atomic E-state index is 0.772. The van der Waals surface area contributed by atoms with E-state index in [9.17, 15) is 0 Å². The lowest BCUT2D eigenvalue weighted by Crippen LogP contribution is -2.35. The van der Waals surface area contributed by atoms with E-state index in [1.54, 1.807) is 0 Å². The number of hydrogen-bond donors (Lipinski definition) is 1. The second-order valence-corrected chi connectivity index (χ2v) is 6.41. The van der Waals surface area contributed by atoms with Crippen molar-refractivity contribution in [1.29, 1.82) is 0 Å². The largest absolute Gasteiger partial charge is 0.314 e. The van der Waals surface area contributed by atoms with E-state index >= 15 is 0 Å². The Hall–Kier alpha value is -0.930. The van der Waals surface area contributed by atoms with Gasteiger partial charge in [-0.1, -0.05) is 19.4 Å². The van der Waals surface area contributed by atoms with Crippen LogP contribution in [-0.2, 0) is 6.42 Å². The fourth-order valence-electron chi connectivity index (χ4n) is 3.33. The van der Waals surface area contributed by atoms with Gasteiger partial charge in [-0.3, -0.25) is 4.98 Å². The SMILES string of the molecule is CCCNC1CCCC1CCN(C)CCc1ccccn1. The van der Waals surface area contributed by atoms with E-state index in [1.807, 2.05) is 12.3 Å². The lowest BCUT2D eigenvalue weighted by atomic mass is 9.99. The minimum Gasteiger partial charge on any atom is -0.314 e. The highest BCUT2D eigenvalue weighted by Gasteiger charge is 2.26. The first-order valence-electron chi connectivity index (χ1n) is 8.61. The van der Waals surface area contributed by atoms with Gasteiger partial charge in [0, 0.05) is 30.9 Å². The Bertz CT molecular complexity index is 379. The molecule has 1 aromatic rings. The van der Waals surface area contributed by atoms with Gasteiger partial charge in [-0.2, -0.15) is 0 Å². The maximum atomic E-state index is 4.40. The van der Waals surface area contributed by atoms with Crippen LogP contribution in [0.1, 0.15) is 44.7 Å². The van der Waals surface area contributed by atoms with E-state index in [2.05, 4.69) is 41.3 Å². The summed E-state index contributed by atoms with van der Waals surface area (Å²) in [5, 5.41) is 3.73. The first-order valence-corrected chi connectivity index (χ1v) is 8.61. The van der Waals surface area contributed by atoms with Crippen LogP contribution in [0, 0.1) is 5.92 Å². The number of pyridine rings is 1. The molecule has 1 fully saturated rings. The first-order chi connectivity index (χ1) is 10.3. The third kappa shape index (κ3) is 5.76. The van der Waals surface area contributed by atoms with Gasteiger partial charge in [0.25, 0.3) is 0 Å². The van der Waals surface area contributed by atoms with E-state index in [1.165, 1.54) is 50.9 Å². The monoisotopic (exact) mass is 289 g/mol. The lowest BCUT2D eigenvalue weighted by Gasteiger charge is -2.24. The van der Waals surface area contributed by atoms with Gasteiger partial charge in [0.15, 0.2) is 0 Å². The van der Waals surface area contributed by atoms with E-state index in [4.69, 9.17) is 0 Å². The molecular weight excluding hydrogens is 258 g/mol. The summed E-state index contributed by atoms with van der Waals surface area (Å²) in [4.78, 5) is 6.86. The van der Waals surface area contributed by atoms with Gasteiger partial charge in [0.2, 0.25) is 0 Å². The smallest absolute Gasteiger partial charge is 0.0416 e. The van der Waals surface area contributed by atoms with Crippen molar-refractivity contribution >= 4 is 0 Å². The molecule has 3 nitrogen and oxygen atoms in total. The molecule has 1 saturated carbocycles. The van der Waals surface area contributed by atoms with E-state index in [-0.39, 0.29) is 0 Å². The molecule has 1 N–H and O–H groups in total. The molecule has 1 aromatic heterocycles. The average Bonchev–Trinajstić information content (AvgIpc) is 2.97. The number of aromatic nitrogens is 1. The quantitative estimate of drug-likeness (QED) is 0.757. The van der Waals surface area contributed by atoms with Gasteiger partial charge in [0.05, 0.1) is 0 Å². The molecule has 2 unspecified atom stereocenters. The third-order valence-corrected chi connectivity index (χ3v) is 4.67. The van der Waals surface area contributed by atoms with Crippen molar-refractivity contribution in [2.24, 2.45) is 5.92 Å². The summed E-state index contributed by atoms with van der Waals surface area (Å²) >= 11 is 0. The Morgan fingerprint density at radius 1 is 1.29 bits per heavy atom. The molecule has 0 aliphatic heterocycles. The molecule has 1 aliphatic carbocycles. The standard InChI is InChI=1S/C18H31N3/c1-3-12-20-18-9-6-7-16(18)10-14-21(2)15-11-17-8-4-5-13-19-17/h4-5,8,13,16,18,20H,3,6-7,9-12,14-15H2,1-2H3. The van der Waals surface area contributed by atoms with Gasteiger partial charge in [0.1, 0.15) is 0 Å². The summed E-state index contributed by atoms with van der Waals surface area (Å²) in [5.74, 6) is 0.883. The minimum atomic E-state index is 0.772. The molecule has 0 bridgehead atoms. The second kappa shape index (κ2) is 9.16. The summed E-state index contributed by atoms with van der Waals surface area (Å²) in [5.41, 5.74) is 1.20. The lowest BCUT2D eigenvalue weighted by molar-refractivity contribution is 0.282. The van der Waals surface area contributed by atoms with Crippen molar-refractivity contribution in [3.63, 3.8) is 0 Å². The second-order valence-electron chi connectivity index (χ2n) is 6.41. The molecular formula is C18H31N3. The van der Waals surface area contributed by atoms with Crippen molar-refractivity contribution in [3.8, 4) is 0 Å². The van der Waals surface area contributed by atoms with E-state index in [0.717, 1.165) is 24.9 Å². The Morgan fingerprint density at radius 3 is 2.95 bits per heavy atom. The van der Waals surface area contributed by atoms with Crippen molar-refractivity contribution in [3.05, 3.63) is 30.1 Å².